The quantitative estimate of drug-likeness (QED) is 0.135. The molecule has 4 aliphatic heterocycles. The molecule has 0 N–H and O–H groups in total. The first kappa shape index (κ1) is 48.6. The molecule has 5 heterocycles. The Balaban J connectivity index is 1.06. The summed E-state index contributed by atoms with van der Waals surface area (Å²) in [5.41, 5.74) is 30.9. The average molecular weight is 1050 g/mol. The number of rotatable bonds is 9. The maximum Gasteiger partial charge on any atom is 0.256 e. The maximum atomic E-state index is 7.86. The second-order valence-corrected chi connectivity index (χ2v) is 23.6. The van der Waals surface area contributed by atoms with Gasteiger partial charge in [-0.25, -0.2) is 0 Å². The van der Waals surface area contributed by atoms with Gasteiger partial charge >= 0.3 is 0 Å². The highest BCUT2D eigenvalue weighted by Crippen LogP contribution is 2.52. The standard InChI is InChI=1S/C76H60B2N2O2/c1-7-9-49-19-37-68-63(39-49)77-62-43-57(54-25-15-47(5)16-26-54)32-36-67(62)79(59-33-29-52(30-34-59)51-21-11-45(3)12-22-51)73-70(77)76(82-68)74-71-75(73)81-69-38-20-50(10-8-2)40-64(69)78(71)65-44-58(55-27-17-48(6)18-28-55)42-61-60-41-56(53-23-13-46(4)14-24-53)31-35-66(60)80(74)72(61)65/h11-44H,7-10H2,1-6H3. The van der Waals surface area contributed by atoms with E-state index in [-0.39, 0.29) is 13.4 Å². The van der Waals surface area contributed by atoms with Gasteiger partial charge in [0, 0.05) is 38.6 Å². The van der Waals surface area contributed by atoms with E-state index < -0.39 is 0 Å². The molecule has 4 nitrogen and oxygen atoms in total. The first-order valence-corrected chi connectivity index (χ1v) is 29.5. The van der Waals surface area contributed by atoms with Crippen molar-refractivity contribution in [3.8, 4) is 73.2 Å². The molecule has 0 atom stereocenters. The summed E-state index contributed by atoms with van der Waals surface area (Å²) in [6.07, 6.45) is 4.05. The molecule has 0 radical (unpaired) electrons. The van der Waals surface area contributed by atoms with Crippen molar-refractivity contribution in [3.63, 3.8) is 0 Å². The molecule has 0 unspecified atom stereocenters. The van der Waals surface area contributed by atoms with Crippen LogP contribution in [0.4, 0.5) is 17.1 Å². The van der Waals surface area contributed by atoms with Gasteiger partial charge in [0.25, 0.3) is 13.4 Å². The van der Waals surface area contributed by atoms with Crippen LogP contribution in [0.1, 0.15) is 60.1 Å². The van der Waals surface area contributed by atoms with Crippen molar-refractivity contribution in [2.45, 2.75) is 67.2 Å². The van der Waals surface area contributed by atoms with Gasteiger partial charge in [0.05, 0.1) is 16.9 Å². The van der Waals surface area contributed by atoms with Crippen molar-refractivity contribution < 1.29 is 9.47 Å². The topological polar surface area (TPSA) is 26.6 Å². The van der Waals surface area contributed by atoms with Gasteiger partial charge in [0.1, 0.15) is 23.0 Å². The van der Waals surface area contributed by atoms with Crippen LogP contribution >= 0.6 is 0 Å². The maximum absolute atomic E-state index is 7.86. The number of nitrogens with zero attached hydrogens (tertiary/aromatic N) is 2. The number of hydrogen-bond acceptors (Lipinski definition) is 3. The second kappa shape index (κ2) is 18.7. The molecule has 4 aliphatic rings. The summed E-state index contributed by atoms with van der Waals surface area (Å²) in [7, 11) is 0. The van der Waals surface area contributed by atoms with Crippen LogP contribution in [-0.4, -0.2) is 18.0 Å². The highest BCUT2D eigenvalue weighted by molar-refractivity contribution is 7.02. The molecule has 0 aliphatic carbocycles. The molecule has 0 fully saturated rings. The highest BCUT2D eigenvalue weighted by atomic mass is 16.5. The van der Waals surface area contributed by atoms with Crippen molar-refractivity contribution in [3.05, 3.63) is 240 Å². The third-order valence-electron chi connectivity index (χ3n) is 18.2. The molecule has 16 rings (SSSR count). The first-order valence-electron chi connectivity index (χ1n) is 29.5. The van der Waals surface area contributed by atoms with Crippen LogP contribution in [0.5, 0.6) is 23.0 Å². The van der Waals surface area contributed by atoms with E-state index in [0.717, 1.165) is 87.9 Å². The zero-order valence-corrected chi connectivity index (χ0v) is 47.3. The van der Waals surface area contributed by atoms with Crippen LogP contribution in [0.2, 0.25) is 0 Å². The smallest absolute Gasteiger partial charge is 0.256 e. The molecule has 82 heavy (non-hydrogen) atoms. The van der Waals surface area contributed by atoms with Gasteiger partial charge in [-0.3, -0.25) is 0 Å². The van der Waals surface area contributed by atoms with E-state index in [1.54, 1.807) is 0 Å². The van der Waals surface area contributed by atoms with E-state index in [2.05, 4.69) is 257 Å². The summed E-state index contributed by atoms with van der Waals surface area (Å²) in [5, 5.41) is 2.44. The fourth-order valence-electron chi connectivity index (χ4n) is 14.1. The van der Waals surface area contributed by atoms with Crippen LogP contribution in [0.3, 0.4) is 0 Å². The lowest BCUT2D eigenvalue weighted by atomic mass is 9.31. The molecule has 12 aromatic rings. The normalized spacial score (nSPS) is 13.1. The van der Waals surface area contributed by atoms with Crippen molar-refractivity contribution >= 4 is 85.1 Å². The van der Waals surface area contributed by atoms with Gasteiger partial charge in [-0.05, 0) is 167 Å². The van der Waals surface area contributed by atoms with Crippen LogP contribution in [0.15, 0.2) is 206 Å². The number of hydrogen-bond donors (Lipinski definition) is 0. The van der Waals surface area contributed by atoms with E-state index in [0.29, 0.717) is 0 Å². The Hall–Kier alpha value is -9.25. The molecule has 0 bridgehead atoms. The lowest BCUT2D eigenvalue weighted by Crippen LogP contribution is -2.63. The second-order valence-electron chi connectivity index (χ2n) is 23.6. The number of benzene rings is 11. The number of ether oxygens (including phenoxy) is 2. The Morgan fingerprint density at radius 2 is 0.793 bits per heavy atom. The monoisotopic (exact) mass is 1050 g/mol. The molecule has 11 aromatic carbocycles. The Bertz CT molecular complexity index is 4610. The Labute approximate surface area is 481 Å². The fraction of sp³-hybridized carbons (Fsp3) is 0.132. The average Bonchev–Trinajstić information content (AvgIpc) is 1.47. The lowest BCUT2D eigenvalue weighted by Gasteiger charge is -2.45. The number of fused-ring (bicyclic) bond motifs is 13. The van der Waals surface area contributed by atoms with E-state index >= 15 is 0 Å². The molecule has 6 heteroatoms. The summed E-state index contributed by atoms with van der Waals surface area (Å²) in [6.45, 7) is 12.8. The van der Waals surface area contributed by atoms with Crippen LogP contribution in [0.25, 0.3) is 72.0 Å². The Morgan fingerprint density at radius 3 is 1.34 bits per heavy atom. The molecule has 392 valence electrons. The number of aryl methyl sites for hydroxylation is 6. The van der Waals surface area contributed by atoms with Gasteiger partial charge < -0.3 is 18.9 Å². The van der Waals surface area contributed by atoms with Gasteiger partial charge in [-0.1, -0.05) is 207 Å². The van der Waals surface area contributed by atoms with E-state index in [9.17, 15) is 0 Å². The fourth-order valence-corrected chi connectivity index (χ4v) is 14.1. The largest absolute Gasteiger partial charge is 0.456 e. The summed E-state index contributed by atoms with van der Waals surface area (Å²) in [4.78, 5) is 2.52. The van der Waals surface area contributed by atoms with E-state index in [4.69, 9.17) is 9.47 Å². The zero-order valence-electron chi connectivity index (χ0n) is 47.3. The summed E-state index contributed by atoms with van der Waals surface area (Å²) in [6, 6.07) is 78.4. The first-order chi connectivity index (χ1) is 40.2. The Morgan fingerprint density at radius 1 is 0.366 bits per heavy atom. The lowest BCUT2D eigenvalue weighted by molar-refractivity contribution is 0.474. The summed E-state index contributed by atoms with van der Waals surface area (Å²) in [5.74, 6) is 3.56. The molecule has 0 spiro atoms. The highest BCUT2D eigenvalue weighted by Gasteiger charge is 2.51. The Kier molecular flexibility index (Phi) is 11.1. The minimum Gasteiger partial charge on any atom is -0.456 e. The third kappa shape index (κ3) is 7.46. The van der Waals surface area contributed by atoms with Gasteiger partial charge in [-0.2, -0.15) is 0 Å². The predicted molar refractivity (Wildman–Crippen MR) is 346 cm³/mol. The van der Waals surface area contributed by atoms with Crippen molar-refractivity contribution in [1.29, 1.82) is 0 Å². The van der Waals surface area contributed by atoms with E-state index in [1.807, 2.05) is 0 Å². The van der Waals surface area contributed by atoms with Gasteiger partial charge in [0.2, 0.25) is 0 Å². The zero-order chi connectivity index (χ0) is 55.1. The van der Waals surface area contributed by atoms with Crippen LogP contribution in [0, 0.1) is 27.7 Å². The van der Waals surface area contributed by atoms with Crippen LogP contribution < -0.4 is 47.2 Å². The molecule has 0 saturated carbocycles. The van der Waals surface area contributed by atoms with Gasteiger partial charge in [-0.15, -0.1) is 0 Å². The SMILES string of the molecule is CCCc1ccc2c(c1)B1c3cc(-c4ccc(C)cc4)ccc3N(c3ccc(-c4ccc(C)cc4)cc3)c3c4c5c(c(c31)O2)-n1c2ccc(-c3ccc(C)cc3)cc2c2cc(-c3ccc(C)cc3)cc(c21)B5c1cc(CCC)ccc1O4. The molecular formula is C76H60B2N2O2. The van der Waals surface area contributed by atoms with E-state index in [1.165, 1.54) is 116 Å². The number of aromatic nitrogens is 1. The van der Waals surface area contributed by atoms with Gasteiger partial charge in [0.15, 0.2) is 0 Å². The minimum absolute atomic E-state index is 0.193. The summed E-state index contributed by atoms with van der Waals surface area (Å²) < 4.78 is 18.3. The molecule has 1 aromatic heterocycles. The molecule has 0 amide bonds. The third-order valence-corrected chi connectivity index (χ3v) is 18.2. The minimum atomic E-state index is -0.195. The number of anilines is 3. The van der Waals surface area contributed by atoms with Crippen molar-refractivity contribution in [2.24, 2.45) is 0 Å². The van der Waals surface area contributed by atoms with Crippen LogP contribution in [-0.2, 0) is 12.8 Å². The molecule has 0 saturated heterocycles. The van der Waals surface area contributed by atoms with Crippen molar-refractivity contribution in [2.75, 3.05) is 4.90 Å². The van der Waals surface area contributed by atoms with Crippen molar-refractivity contribution in [1.82, 2.24) is 4.57 Å². The molecular weight excluding hydrogens is 994 g/mol. The summed E-state index contributed by atoms with van der Waals surface area (Å²) >= 11 is 0. The predicted octanol–water partition coefficient (Wildman–Crippen LogP) is 15.9.